The molecule has 1 N–H and O–H groups in total. The predicted molar refractivity (Wildman–Crippen MR) is 109 cm³/mol. The molecule has 0 aliphatic rings. The first-order chi connectivity index (χ1) is 13.9. The molecule has 2 rings (SSSR count). The van der Waals surface area contributed by atoms with E-state index in [1.165, 1.54) is 21.3 Å². The van der Waals surface area contributed by atoms with Crippen molar-refractivity contribution < 1.29 is 28.5 Å². The smallest absolute Gasteiger partial charge is 0.338 e. The maximum atomic E-state index is 12.1. The Kier molecular flexibility index (Phi) is 7.70. The summed E-state index contributed by atoms with van der Waals surface area (Å²) in [6.45, 7) is -0.207. The van der Waals surface area contributed by atoms with Crippen LogP contribution in [0.2, 0.25) is 0 Å². The molecule has 2 aromatic carbocycles. The Bertz CT molecular complexity index is 849. The van der Waals surface area contributed by atoms with Gasteiger partial charge in [0.2, 0.25) is 0 Å². The van der Waals surface area contributed by atoms with Gasteiger partial charge in [-0.25, -0.2) is 4.79 Å². The zero-order chi connectivity index (χ0) is 21.4. The van der Waals surface area contributed by atoms with Crippen molar-refractivity contribution in [3.05, 3.63) is 47.5 Å². The molecule has 0 aliphatic carbocycles. The molecule has 0 saturated heterocycles. The topological polar surface area (TPSA) is 86.3 Å². The number of hydrogen-bond acceptors (Lipinski definition) is 7. The average molecular weight is 402 g/mol. The first kappa shape index (κ1) is 21.9. The summed E-state index contributed by atoms with van der Waals surface area (Å²) in [5, 5.41) is 2.69. The highest BCUT2D eigenvalue weighted by atomic mass is 16.5. The number of esters is 1. The lowest BCUT2D eigenvalue weighted by atomic mass is 10.1. The molecule has 0 aliphatic heterocycles. The Balaban J connectivity index is 1.92. The van der Waals surface area contributed by atoms with E-state index in [0.29, 0.717) is 28.4 Å². The molecule has 2 aromatic rings. The first-order valence-corrected chi connectivity index (χ1v) is 8.89. The second-order valence-corrected chi connectivity index (χ2v) is 6.31. The fourth-order valence-electron chi connectivity index (χ4n) is 2.59. The molecule has 29 heavy (non-hydrogen) atoms. The molecule has 0 spiro atoms. The number of amides is 1. The van der Waals surface area contributed by atoms with E-state index < -0.39 is 11.9 Å². The number of hydrogen-bond donors (Lipinski definition) is 1. The van der Waals surface area contributed by atoms with Gasteiger partial charge in [-0.15, -0.1) is 0 Å². The number of methoxy groups -OCH3 is 3. The summed E-state index contributed by atoms with van der Waals surface area (Å²) in [6, 6.07) is 10.3. The van der Waals surface area contributed by atoms with Crippen LogP contribution < -0.4 is 24.4 Å². The number of nitrogens with one attached hydrogen (secondary N) is 1. The van der Waals surface area contributed by atoms with Crippen molar-refractivity contribution in [2.75, 3.05) is 46.9 Å². The number of nitrogens with zero attached hydrogens (tertiary/aromatic N) is 1. The van der Waals surface area contributed by atoms with E-state index >= 15 is 0 Å². The zero-order valence-corrected chi connectivity index (χ0v) is 17.3. The maximum Gasteiger partial charge on any atom is 0.338 e. The lowest BCUT2D eigenvalue weighted by molar-refractivity contribution is -0.124. The molecular formula is C21H26N2O6. The van der Waals surface area contributed by atoms with Crippen LogP contribution in [0.1, 0.15) is 15.9 Å². The van der Waals surface area contributed by atoms with Crippen LogP contribution in [-0.2, 0) is 16.1 Å². The van der Waals surface area contributed by atoms with Crippen LogP contribution in [0.4, 0.5) is 5.69 Å². The summed E-state index contributed by atoms with van der Waals surface area (Å²) in [5.74, 6) is 0.592. The van der Waals surface area contributed by atoms with Crippen molar-refractivity contribution >= 4 is 17.6 Å². The molecule has 0 saturated carbocycles. The molecule has 0 bridgehead atoms. The molecule has 8 heteroatoms. The van der Waals surface area contributed by atoms with Gasteiger partial charge in [-0.3, -0.25) is 4.79 Å². The average Bonchev–Trinajstić information content (AvgIpc) is 2.75. The number of benzene rings is 2. The molecular weight excluding hydrogens is 376 g/mol. The number of anilines is 1. The molecule has 156 valence electrons. The van der Waals surface area contributed by atoms with Gasteiger partial charge in [0.15, 0.2) is 18.1 Å². The van der Waals surface area contributed by atoms with E-state index in [-0.39, 0.29) is 13.2 Å². The van der Waals surface area contributed by atoms with Crippen LogP contribution in [0.25, 0.3) is 0 Å². The van der Waals surface area contributed by atoms with E-state index in [1.54, 1.807) is 36.4 Å². The van der Waals surface area contributed by atoms with Gasteiger partial charge >= 0.3 is 5.97 Å². The van der Waals surface area contributed by atoms with Crippen LogP contribution in [0, 0.1) is 0 Å². The van der Waals surface area contributed by atoms with Crippen molar-refractivity contribution in [1.29, 1.82) is 0 Å². The van der Waals surface area contributed by atoms with Gasteiger partial charge in [0, 0.05) is 38.0 Å². The van der Waals surface area contributed by atoms with Crippen molar-refractivity contribution in [2.24, 2.45) is 0 Å². The highest BCUT2D eigenvalue weighted by molar-refractivity contribution is 5.91. The normalized spacial score (nSPS) is 10.1. The minimum Gasteiger partial charge on any atom is -0.496 e. The summed E-state index contributed by atoms with van der Waals surface area (Å²) in [4.78, 5) is 26.1. The van der Waals surface area contributed by atoms with Gasteiger partial charge in [-0.05, 0) is 30.3 Å². The minimum atomic E-state index is -0.561. The second-order valence-electron chi connectivity index (χ2n) is 6.31. The van der Waals surface area contributed by atoms with Crippen LogP contribution >= 0.6 is 0 Å². The SMILES string of the molecule is COc1cc(OC)c(OC)cc1CNC(=O)COC(=O)c1ccc(N(C)C)cc1. The summed E-state index contributed by atoms with van der Waals surface area (Å²) in [5.41, 5.74) is 2.04. The molecule has 8 nitrogen and oxygen atoms in total. The summed E-state index contributed by atoms with van der Waals surface area (Å²) in [6.07, 6.45) is 0. The lowest BCUT2D eigenvalue weighted by Gasteiger charge is -2.14. The van der Waals surface area contributed by atoms with Gasteiger partial charge in [0.25, 0.3) is 5.91 Å². The van der Waals surface area contributed by atoms with Crippen molar-refractivity contribution in [3.63, 3.8) is 0 Å². The highest BCUT2D eigenvalue weighted by Crippen LogP contribution is 2.34. The standard InChI is InChI=1S/C21H26N2O6/c1-23(2)16-8-6-14(7-9-16)21(25)29-13-20(24)22-12-15-10-18(27-4)19(28-5)11-17(15)26-3/h6-11H,12-13H2,1-5H3,(H,22,24). The van der Waals surface area contributed by atoms with Gasteiger partial charge in [-0.1, -0.05) is 0 Å². The highest BCUT2D eigenvalue weighted by Gasteiger charge is 2.14. The number of carbonyl (C=O) groups is 2. The largest absolute Gasteiger partial charge is 0.496 e. The van der Waals surface area contributed by atoms with E-state index in [1.807, 2.05) is 19.0 Å². The Morgan fingerprint density at radius 3 is 2.03 bits per heavy atom. The van der Waals surface area contributed by atoms with Gasteiger partial charge in [-0.2, -0.15) is 0 Å². The third-order valence-electron chi connectivity index (χ3n) is 4.22. The zero-order valence-electron chi connectivity index (χ0n) is 17.3. The fourth-order valence-corrected chi connectivity index (χ4v) is 2.59. The van der Waals surface area contributed by atoms with Crippen molar-refractivity contribution in [1.82, 2.24) is 5.32 Å². The Hall–Kier alpha value is -3.42. The first-order valence-electron chi connectivity index (χ1n) is 8.89. The third-order valence-corrected chi connectivity index (χ3v) is 4.22. The Morgan fingerprint density at radius 2 is 1.48 bits per heavy atom. The molecule has 0 aromatic heterocycles. The molecule has 0 heterocycles. The third kappa shape index (κ3) is 5.78. The van der Waals surface area contributed by atoms with Crippen LogP contribution in [0.15, 0.2) is 36.4 Å². The summed E-state index contributed by atoms with van der Waals surface area (Å²) in [7, 11) is 8.39. The Labute approximate surface area is 170 Å². The molecule has 1 amide bonds. The van der Waals surface area contributed by atoms with Crippen LogP contribution in [-0.4, -0.2) is 53.9 Å². The number of carbonyl (C=O) groups excluding carboxylic acids is 2. The molecule has 0 unspecified atom stereocenters. The number of ether oxygens (including phenoxy) is 4. The van der Waals surface area contributed by atoms with Crippen molar-refractivity contribution in [3.8, 4) is 17.2 Å². The van der Waals surface area contributed by atoms with E-state index in [4.69, 9.17) is 18.9 Å². The van der Waals surface area contributed by atoms with Crippen LogP contribution in [0.3, 0.4) is 0 Å². The lowest BCUT2D eigenvalue weighted by Crippen LogP contribution is -2.28. The second kappa shape index (κ2) is 10.2. The Morgan fingerprint density at radius 1 is 0.897 bits per heavy atom. The molecule has 0 fully saturated rings. The summed E-state index contributed by atoms with van der Waals surface area (Å²) >= 11 is 0. The monoisotopic (exact) mass is 402 g/mol. The van der Waals surface area contributed by atoms with Gasteiger partial charge in [0.05, 0.1) is 26.9 Å². The van der Waals surface area contributed by atoms with Crippen molar-refractivity contribution in [2.45, 2.75) is 6.54 Å². The minimum absolute atomic E-state index is 0.178. The van der Waals surface area contributed by atoms with E-state index in [0.717, 1.165) is 5.69 Å². The quantitative estimate of drug-likeness (QED) is 0.644. The van der Waals surface area contributed by atoms with E-state index in [9.17, 15) is 9.59 Å². The van der Waals surface area contributed by atoms with Crippen LogP contribution in [0.5, 0.6) is 17.2 Å². The van der Waals surface area contributed by atoms with E-state index in [2.05, 4.69) is 5.32 Å². The molecule has 0 atom stereocenters. The predicted octanol–water partition coefficient (Wildman–Crippen LogP) is 2.25. The van der Waals surface area contributed by atoms with Gasteiger partial charge in [0.1, 0.15) is 5.75 Å². The molecule has 0 radical (unpaired) electrons. The van der Waals surface area contributed by atoms with Gasteiger partial charge < -0.3 is 29.2 Å². The maximum absolute atomic E-state index is 12.1. The fraction of sp³-hybridized carbons (Fsp3) is 0.333. The number of rotatable bonds is 9. The summed E-state index contributed by atoms with van der Waals surface area (Å²) < 4.78 is 20.9.